The van der Waals surface area contributed by atoms with E-state index in [1.54, 1.807) is 0 Å². The second-order valence-electron chi connectivity index (χ2n) is 7.48. The molecule has 0 bridgehead atoms. The zero-order valence-corrected chi connectivity index (χ0v) is 19.7. The molecule has 0 radical (unpaired) electrons. The molecule has 1 aromatic heterocycles. The number of fused-ring (bicyclic) bond motifs is 1. The van der Waals surface area contributed by atoms with Gasteiger partial charge in [-0.2, -0.15) is 4.98 Å². The zero-order valence-electron chi connectivity index (χ0n) is 18.9. The van der Waals surface area contributed by atoms with Gasteiger partial charge in [-0.25, -0.2) is 9.29 Å². The highest BCUT2D eigenvalue weighted by molar-refractivity contribution is 7.97. The van der Waals surface area contributed by atoms with Crippen LogP contribution in [0.15, 0.2) is 18.2 Å². The second kappa shape index (κ2) is 11.7. The highest BCUT2D eigenvalue weighted by Crippen LogP contribution is 2.25. The number of likely N-dealkylation sites (N-methyl/N-ethyl adjacent to an activating group) is 1. The highest BCUT2D eigenvalue weighted by Gasteiger charge is 2.18. The molecular formula is C22H36N6OS. The van der Waals surface area contributed by atoms with E-state index in [1.165, 1.54) is 5.56 Å². The second-order valence-corrected chi connectivity index (χ2v) is 8.67. The van der Waals surface area contributed by atoms with Gasteiger partial charge in [-0.3, -0.25) is 0 Å². The average Bonchev–Trinajstić information content (AvgIpc) is 2.79. The maximum absolute atomic E-state index is 5.42. The SMILES string of the molecule is CC.Cc1ccc2nc(N3CCN(C)CC3)nc(NCCSN3CCOCC3)c2c1. The molecule has 8 heteroatoms. The largest absolute Gasteiger partial charge is 0.379 e. The minimum absolute atomic E-state index is 0.838. The number of morpholine rings is 1. The molecule has 1 aromatic carbocycles. The first-order valence-corrected chi connectivity index (χ1v) is 12.0. The number of aromatic nitrogens is 2. The Kier molecular flexibility index (Phi) is 8.99. The standard InChI is InChI=1S/C20H30N6OS.C2H6/c1-16-3-4-18-17(15-16)19(21-5-14-28-26-10-12-27-13-11-26)23-20(22-18)25-8-6-24(2)7-9-25;1-2/h3-4,15H,5-14H2,1-2H3,(H,21,22,23);1-2H3. The summed E-state index contributed by atoms with van der Waals surface area (Å²) in [6, 6.07) is 6.42. The molecule has 2 saturated heterocycles. The van der Waals surface area contributed by atoms with Crippen LogP contribution in [0.3, 0.4) is 0 Å². The van der Waals surface area contributed by atoms with Crippen molar-refractivity contribution < 1.29 is 4.74 Å². The number of rotatable bonds is 6. The lowest BCUT2D eigenvalue weighted by Gasteiger charge is -2.32. The Morgan fingerprint density at radius 2 is 1.77 bits per heavy atom. The third-order valence-electron chi connectivity index (χ3n) is 5.26. The Bertz CT molecular complexity index is 791. The molecule has 2 fully saturated rings. The Hall–Kier alpha value is -1.61. The first kappa shape index (κ1) is 23.1. The van der Waals surface area contributed by atoms with E-state index in [9.17, 15) is 0 Å². The molecule has 0 spiro atoms. The van der Waals surface area contributed by atoms with Crippen LogP contribution in [0.4, 0.5) is 11.8 Å². The van der Waals surface area contributed by atoms with Crippen molar-refractivity contribution in [3.05, 3.63) is 23.8 Å². The number of hydrogen-bond donors (Lipinski definition) is 1. The van der Waals surface area contributed by atoms with E-state index in [1.807, 2.05) is 25.8 Å². The van der Waals surface area contributed by atoms with E-state index in [-0.39, 0.29) is 0 Å². The number of anilines is 2. The van der Waals surface area contributed by atoms with Crippen molar-refractivity contribution >= 4 is 34.6 Å². The molecule has 0 atom stereocenters. The van der Waals surface area contributed by atoms with Crippen molar-refractivity contribution in [1.29, 1.82) is 0 Å². The predicted molar refractivity (Wildman–Crippen MR) is 129 cm³/mol. The summed E-state index contributed by atoms with van der Waals surface area (Å²) >= 11 is 1.89. The Morgan fingerprint density at radius 3 is 2.50 bits per heavy atom. The number of nitrogens with one attached hydrogen (secondary N) is 1. The average molecular weight is 433 g/mol. The van der Waals surface area contributed by atoms with E-state index in [0.29, 0.717) is 0 Å². The number of ether oxygens (including phenoxy) is 1. The minimum atomic E-state index is 0.838. The molecule has 2 aromatic rings. The number of piperazine rings is 1. The number of nitrogens with zero attached hydrogens (tertiary/aromatic N) is 5. The molecule has 0 aliphatic carbocycles. The summed E-state index contributed by atoms with van der Waals surface area (Å²) in [7, 11) is 2.17. The van der Waals surface area contributed by atoms with Crippen molar-refractivity contribution in [3.63, 3.8) is 0 Å². The molecular weight excluding hydrogens is 396 g/mol. The van der Waals surface area contributed by atoms with Gasteiger partial charge in [0, 0.05) is 57.0 Å². The predicted octanol–water partition coefficient (Wildman–Crippen LogP) is 3.11. The van der Waals surface area contributed by atoms with Gasteiger partial charge in [-0.1, -0.05) is 37.4 Å². The first-order chi connectivity index (χ1) is 14.7. The van der Waals surface area contributed by atoms with Gasteiger partial charge in [-0.05, 0) is 26.1 Å². The molecule has 7 nitrogen and oxygen atoms in total. The van der Waals surface area contributed by atoms with Crippen molar-refractivity contribution in [2.45, 2.75) is 20.8 Å². The number of benzene rings is 1. The monoisotopic (exact) mass is 432 g/mol. The van der Waals surface area contributed by atoms with Gasteiger partial charge in [0.25, 0.3) is 0 Å². The van der Waals surface area contributed by atoms with E-state index in [2.05, 4.69) is 51.6 Å². The Morgan fingerprint density at radius 1 is 1.03 bits per heavy atom. The first-order valence-electron chi connectivity index (χ1n) is 11.1. The summed E-state index contributed by atoms with van der Waals surface area (Å²) < 4.78 is 7.81. The van der Waals surface area contributed by atoms with E-state index < -0.39 is 0 Å². The Labute approximate surface area is 185 Å². The van der Waals surface area contributed by atoms with Crippen LogP contribution in [-0.4, -0.2) is 91.0 Å². The van der Waals surface area contributed by atoms with E-state index >= 15 is 0 Å². The Balaban J connectivity index is 0.00000124. The number of hydrogen-bond acceptors (Lipinski definition) is 8. The van der Waals surface area contributed by atoms with E-state index in [0.717, 1.165) is 87.4 Å². The third kappa shape index (κ3) is 6.20. The fourth-order valence-electron chi connectivity index (χ4n) is 3.53. The van der Waals surface area contributed by atoms with Gasteiger partial charge < -0.3 is 19.9 Å². The van der Waals surface area contributed by atoms with Crippen LogP contribution >= 0.6 is 11.9 Å². The van der Waals surface area contributed by atoms with Crippen LogP contribution in [0, 0.1) is 6.92 Å². The van der Waals surface area contributed by atoms with Crippen LogP contribution < -0.4 is 10.2 Å². The fourth-order valence-corrected chi connectivity index (χ4v) is 4.39. The zero-order chi connectivity index (χ0) is 21.3. The lowest BCUT2D eigenvalue weighted by Crippen LogP contribution is -2.45. The molecule has 0 unspecified atom stereocenters. The molecule has 1 N–H and O–H groups in total. The molecule has 2 aliphatic rings. The molecule has 4 rings (SSSR count). The van der Waals surface area contributed by atoms with Gasteiger partial charge in [0.15, 0.2) is 0 Å². The van der Waals surface area contributed by atoms with Crippen LogP contribution in [0.1, 0.15) is 19.4 Å². The summed E-state index contributed by atoms with van der Waals surface area (Å²) in [5, 5.41) is 4.68. The highest BCUT2D eigenvalue weighted by atomic mass is 32.2. The fraction of sp³-hybridized carbons (Fsp3) is 0.636. The van der Waals surface area contributed by atoms with Crippen molar-refractivity contribution in [2.75, 3.05) is 82.0 Å². The van der Waals surface area contributed by atoms with Gasteiger partial charge in [0.2, 0.25) is 5.95 Å². The molecule has 3 heterocycles. The quantitative estimate of drug-likeness (QED) is 0.552. The summed E-state index contributed by atoms with van der Waals surface area (Å²) in [6.45, 7) is 14.7. The molecule has 0 saturated carbocycles. The van der Waals surface area contributed by atoms with Gasteiger partial charge in [-0.15, -0.1) is 0 Å². The summed E-state index contributed by atoms with van der Waals surface area (Å²) in [5.41, 5.74) is 2.24. The van der Waals surface area contributed by atoms with E-state index in [4.69, 9.17) is 14.7 Å². The molecule has 2 aliphatic heterocycles. The lowest BCUT2D eigenvalue weighted by atomic mass is 10.1. The van der Waals surface area contributed by atoms with Gasteiger partial charge >= 0.3 is 0 Å². The molecule has 166 valence electrons. The van der Waals surface area contributed by atoms with Crippen molar-refractivity contribution in [1.82, 2.24) is 19.2 Å². The topological polar surface area (TPSA) is 56.8 Å². The summed E-state index contributed by atoms with van der Waals surface area (Å²) in [5.74, 6) is 2.80. The normalized spacial score (nSPS) is 18.2. The summed E-state index contributed by atoms with van der Waals surface area (Å²) in [6.07, 6.45) is 0. The van der Waals surface area contributed by atoms with Crippen LogP contribution in [0.2, 0.25) is 0 Å². The lowest BCUT2D eigenvalue weighted by molar-refractivity contribution is 0.0773. The smallest absolute Gasteiger partial charge is 0.227 e. The van der Waals surface area contributed by atoms with Gasteiger partial charge in [0.05, 0.1) is 18.7 Å². The maximum atomic E-state index is 5.42. The van der Waals surface area contributed by atoms with Crippen LogP contribution in [-0.2, 0) is 4.74 Å². The molecule has 30 heavy (non-hydrogen) atoms. The van der Waals surface area contributed by atoms with Crippen molar-refractivity contribution in [3.8, 4) is 0 Å². The van der Waals surface area contributed by atoms with Crippen LogP contribution in [0.25, 0.3) is 10.9 Å². The maximum Gasteiger partial charge on any atom is 0.227 e. The summed E-state index contributed by atoms with van der Waals surface area (Å²) in [4.78, 5) is 14.4. The minimum Gasteiger partial charge on any atom is -0.379 e. The third-order valence-corrected chi connectivity index (χ3v) is 6.38. The van der Waals surface area contributed by atoms with Crippen molar-refractivity contribution in [2.24, 2.45) is 0 Å². The van der Waals surface area contributed by atoms with Gasteiger partial charge in [0.1, 0.15) is 5.82 Å². The number of aryl methyl sites for hydroxylation is 1. The van der Waals surface area contributed by atoms with Crippen LogP contribution in [0.5, 0.6) is 0 Å². The molecule has 0 amide bonds.